The molecule has 2 aromatic heterocycles. The van der Waals surface area contributed by atoms with Crippen LogP contribution in [0, 0.1) is 0 Å². The highest BCUT2D eigenvalue weighted by atomic mass is 79.9. The second-order valence-electron chi connectivity index (χ2n) is 16.5. The number of ether oxygens (including phenoxy) is 1. The minimum atomic E-state index is -3.93. The Kier molecular flexibility index (Phi) is 20.3. The molecule has 0 unspecified atom stereocenters. The van der Waals surface area contributed by atoms with Crippen molar-refractivity contribution in [3.8, 4) is 0 Å². The van der Waals surface area contributed by atoms with Gasteiger partial charge in [-0.3, -0.25) is 19.1 Å². The molecule has 0 radical (unpaired) electrons. The van der Waals surface area contributed by atoms with E-state index in [9.17, 15) is 26.4 Å². The Morgan fingerprint density at radius 1 is 0.687 bits per heavy atom. The predicted octanol–water partition coefficient (Wildman–Crippen LogP) is 11.6. The van der Waals surface area contributed by atoms with Gasteiger partial charge >= 0.3 is 0 Å². The number of benzene rings is 4. The number of hydrogen-bond donors (Lipinski definition) is 1. The molecule has 18 heteroatoms. The van der Waals surface area contributed by atoms with Crippen LogP contribution in [0.2, 0.25) is 10.0 Å². The molecule has 0 saturated heterocycles. The maximum atomic E-state index is 13.1. The lowest BCUT2D eigenvalue weighted by Crippen LogP contribution is -2.33. The molecule has 0 atom stereocenters. The quantitative estimate of drug-likeness (QED) is 0.0540. The van der Waals surface area contributed by atoms with Crippen molar-refractivity contribution in [3.05, 3.63) is 176 Å². The molecule has 13 nitrogen and oxygen atoms in total. The van der Waals surface area contributed by atoms with Gasteiger partial charge in [0, 0.05) is 37.7 Å². The van der Waals surface area contributed by atoms with Gasteiger partial charge in [-0.15, -0.1) is 0 Å². The maximum absolute atomic E-state index is 13.1. The maximum Gasteiger partial charge on any atom is 0.277 e. The van der Waals surface area contributed by atoms with Gasteiger partial charge in [0.15, 0.2) is 0 Å². The van der Waals surface area contributed by atoms with E-state index in [2.05, 4.69) is 51.4 Å². The molecule has 0 spiro atoms. The van der Waals surface area contributed by atoms with Crippen LogP contribution in [0.15, 0.2) is 148 Å². The summed E-state index contributed by atoms with van der Waals surface area (Å²) in [5, 5.41) is 1.74. The van der Waals surface area contributed by atoms with Crippen LogP contribution in [0.1, 0.15) is 86.5 Å². The summed E-state index contributed by atoms with van der Waals surface area (Å²) in [7, 11) is -3.30. The van der Waals surface area contributed by atoms with E-state index in [0.29, 0.717) is 26.4 Å². The van der Waals surface area contributed by atoms with Crippen LogP contribution in [-0.4, -0.2) is 71.6 Å². The van der Waals surface area contributed by atoms with E-state index in [-0.39, 0.29) is 57.1 Å². The van der Waals surface area contributed by atoms with Crippen molar-refractivity contribution >= 4 is 82.2 Å². The molecule has 0 saturated carbocycles. The molecule has 6 aromatic rings. The van der Waals surface area contributed by atoms with Crippen LogP contribution in [0.4, 0.5) is 11.4 Å². The average molecular weight is 1060 g/mol. The van der Waals surface area contributed by atoms with Crippen molar-refractivity contribution in [2.75, 3.05) is 37.0 Å². The molecule has 0 bridgehead atoms. The topological polar surface area (TPSA) is 165 Å². The number of carbonyl (C=O) groups excluding carboxylic acids is 2. The van der Waals surface area contributed by atoms with E-state index in [1.54, 1.807) is 85.9 Å². The minimum absolute atomic E-state index is 0. The molecule has 2 heterocycles. The molecule has 6 rings (SSSR count). The summed E-state index contributed by atoms with van der Waals surface area (Å²) in [6, 6.07) is 33.9. The van der Waals surface area contributed by atoms with Gasteiger partial charge in [0.1, 0.15) is 17.0 Å². The number of ketones is 1. The normalized spacial score (nSPS) is 11.4. The molecular weight excluding hydrogens is 1000 g/mol. The summed E-state index contributed by atoms with van der Waals surface area (Å²) in [6.07, 6.45) is 2.75. The van der Waals surface area contributed by atoms with Gasteiger partial charge in [0.25, 0.3) is 26.0 Å². The second-order valence-corrected chi connectivity index (χ2v) is 21.7. The summed E-state index contributed by atoms with van der Waals surface area (Å²) < 4.78 is 61.0. The number of methoxy groups -OCH3 is 1. The molecule has 1 amide bonds. The lowest BCUT2D eigenvalue weighted by Gasteiger charge is -2.25. The zero-order valence-corrected chi connectivity index (χ0v) is 42.6. The third kappa shape index (κ3) is 15.4. The molecule has 0 aliphatic heterocycles. The Balaban J connectivity index is 0.000000285. The summed E-state index contributed by atoms with van der Waals surface area (Å²) in [5.74, 6) is -0.541. The highest BCUT2D eigenvalue weighted by molar-refractivity contribution is 9.10. The first-order valence-electron chi connectivity index (χ1n) is 20.1. The number of nitrogens with one attached hydrogen (secondary N) is 1. The highest BCUT2D eigenvalue weighted by Gasteiger charge is 2.28. The van der Waals surface area contributed by atoms with Crippen molar-refractivity contribution in [1.82, 2.24) is 15.0 Å². The Hall–Kier alpha value is -5.20. The first-order chi connectivity index (χ1) is 30.9. The van der Waals surface area contributed by atoms with E-state index < -0.39 is 25.8 Å². The zero-order valence-electron chi connectivity index (χ0n) is 37.9. The molecule has 67 heavy (non-hydrogen) atoms. The number of hydroxylamine groups is 2. The number of halogens is 3. The Morgan fingerprint density at radius 3 is 1.63 bits per heavy atom. The fourth-order valence-electron chi connectivity index (χ4n) is 5.83. The SMILES string of the molecule is C.CC(C)(C)c1ccc(S(=O)(=O)Nc2cc(Cl)cnc2C(=O)c2ccccc2)cc1.COCN(c1cc(Cl)cnc1Br)S(=O)(=O)c1ccc(C(C)(C)C)cc1.CON(C)C(=O)c1ccccc1. The molecular formula is C49H56BrCl2N5O8S2. The summed E-state index contributed by atoms with van der Waals surface area (Å²) in [4.78, 5) is 37.3. The monoisotopic (exact) mass is 1060 g/mol. The van der Waals surface area contributed by atoms with E-state index in [4.69, 9.17) is 32.8 Å². The van der Waals surface area contributed by atoms with Crippen LogP contribution in [0.5, 0.6) is 0 Å². The number of sulfonamides is 2. The van der Waals surface area contributed by atoms with Crippen molar-refractivity contribution in [1.29, 1.82) is 0 Å². The van der Waals surface area contributed by atoms with E-state index in [0.717, 1.165) is 15.4 Å². The number of amides is 1. The Bertz CT molecular complexity index is 2810. The number of nitrogens with zero attached hydrogens (tertiary/aromatic N) is 4. The standard InChI is InChI=1S/C22H21ClN2O3S.C17H20BrClN2O3S.C9H11NO2.CH4/c1-22(2,3)16-9-11-18(12-10-16)29(27,28)25-19-13-17(23)14-24-20(19)21(26)15-7-5-4-6-8-15;1-17(2,3)12-5-7-14(8-6-12)25(22,23)21(11-24-4)15-9-13(19)10-20-16(15)18;1-10(12-2)9(11)8-6-4-3-5-7-8;/h4-14,25H,1-3H3;5-10H,11H2,1-4H3;3-7H,1-2H3;1H4. The Morgan fingerprint density at radius 2 is 1.15 bits per heavy atom. The van der Waals surface area contributed by atoms with Crippen LogP contribution >= 0.6 is 39.1 Å². The van der Waals surface area contributed by atoms with Gasteiger partial charge < -0.3 is 4.74 Å². The third-order valence-corrected chi connectivity index (χ3v) is 13.7. The van der Waals surface area contributed by atoms with Gasteiger partial charge in [-0.1, -0.05) is 145 Å². The van der Waals surface area contributed by atoms with E-state index in [1.807, 2.05) is 51.1 Å². The molecule has 358 valence electrons. The Labute approximate surface area is 413 Å². The van der Waals surface area contributed by atoms with Crippen LogP contribution in [0.3, 0.4) is 0 Å². The van der Waals surface area contributed by atoms with Gasteiger partial charge in [-0.2, -0.15) is 0 Å². The van der Waals surface area contributed by atoms with Crippen LogP contribution < -0.4 is 9.03 Å². The first kappa shape index (κ1) is 56.1. The fourth-order valence-corrected chi connectivity index (χ4v) is 9.13. The van der Waals surface area contributed by atoms with Crippen molar-refractivity contribution in [2.24, 2.45) is 0 Å². The molecule has 4 aromatic carbocycles. The van der Waals surface area contributed by atoms with Gasteiger partial charge in [-0.05, 0) is 86.4 Å². The average Bonchev–Trinajstić information content (AvgIpc) is 3.28. The highest BCUT2D eigenvalue weighted by Crippen LogP contribution is 2.33. The van der Waals surface area contributed by atoms with Crippen molar-refractivity contribution in [2.45, 2.75) is 69.6 Å². The molecule has 1 N–H and O–H groups in total. The molecule has 0 aliphatic carbocycles. The van der Waals surface area contributed by atoms with E-state index >= 15 is 0 Å². The summed E-state index contributed by atoms with van der Waals surface area (Å²) >= 11 is 15.3. The fraction of sp³-hybridized carbons (Fsp3) is 0.265. The molecule has 0 fully saturated rings. The van der Waals surface area contributed by atoms with E-state index in [1.165, 1.54) is 43.8 Å². The zero-order chi connectivity index (χ0) is 49.0. The lowest BCUT2D eigenvalue weighted by atomic mass is 9.87. The summed E-state index contributed by atoms with van der Waals surface area (Å²) in [5.41, 5.74) is 3.27. The number of pyridine rings is 2. The number of hydrogen-bond acceptors (Lipinski definition) is 10. The van der Waals surface area contributed by atoms with Crippen LogP contribution in [0.25, 0.3) is 0 Å². The number of rotatable bonds is 12. The second kappa shape index (κ2) is 24.2. The largest absolute Gasteiger partial charge is 0.363 e. The minimum Gasteiger partial charge on any atom is -0.363 e. The lowest BCUT2D eigenvalue weighted by molar-refractivity contribution is -0.0756. The van der Waals surface area contributed by atoms with Gasteiger partial charge in [0.05, 0.1) is 38.3 Å². The number of aromatic nitrogens is 2. The van der Waals surface area contributed by atoms with Crippen molar-refractivity contribution < 1.29 is 36.0 Å². The van der Waals surface area contributed by atoms with Gasteiger partial charge in [-0.25, -0.2) is 36.2 Å². The van der Waals surface area contributed by atoms with Crippen LogP contribution in [-0.2, 0) is 40.5 Å². The predicted molar refractivity (Wildman–Crippen MR) is 271 cm³/mol. The molecule has 0 aliphatic rings. The van der Waals surface area contributed by atoms with Crippen molar-refractivity contribution in [3.63, 3.8) is 0 Å². The number of carbonyl (C=O) groups is 2. The third-order valence-electron chi connectivity index (χ3n) is 9.57. The first-order valence-corrected chi connectivity index (χ1v) is 24.6. The van der Waals surface area contributed by atoms with Gasteiger partial charge in [0.2, 0.25) is 5.78 Å². The summed E-state index contributed by atoms with van der Waals surface area (Å²) in [6.45, 7) is 12.2. The number of anilines is 2. The smallest absolute Gasteiger partial charge is 0.277 e.